The first-order chi connectivity index (χ1) is 36.0. The van der Waals surface area contributed by atoms with Gasteiger partial charge in [-0.15, -0.1) is 0 Å². The number of ether oxygens (including phenoxy) is 8. The predicted molar refractivity (Wildman–Crippen MR) is 261 cm³/mol. The van der Waals surface area contributed by atoms with Gasteiger partial charge in [-0.05, 0) is 48.3 Å². The van der Waals surface area contributed by atoms with Crippen LogP contribution in [0.4, 0.5) is 0 Å². The number of aliphatic hydroxyl groups is 6. The minimum atomic E-state index is -2.34. The van der Waals surface area contributed by atoms with Crippen LogP contribution >= 0.6 is 0 Å². The Morgan fingerprint density at radius 1 is 0.816 bits per heavy atom. The number of fused-ring (bicyclic) bond motifs is 5. The highest BCUT2D eigenvalue weighted by atomic mass is 16.7. The highest BCUT2D eigenvalue weighted by Gasteiger charge is 2.78. The minimum absolute atomic E-state index is 0.0248. The summed E-state index contributed by atoms with van der Waals surface area (Å²) in [5, 5.41) is 69.8. The first-order valence-corrected chi connectivity index (χ1v) is 25.0. The van der Waals surface area contributed by atoms with Crippen molar-refractivity contribution in [1.29, 1.82) is 0 Å². The number of hydrogen-bond donors (Lipinski definition) is 7. The molecule has 3 aromatic carbocycles. The summed E-state index contributed by atoms with van der Waals surface area (Å²) >= 11 is 0. The lowest BCUT2D eigenvalue weighted by Crippen LogP contribution is -2.82. The molecule has 2 bridgehead atoms. The molecule has 1 amide bonds. The quantitative estimate of drug-likeness (QED) is 0.0607. The molecular weight excluding hydrogens is 995 g/mol. The van der Waals surface area contributed by atoms with Gasteiger partial charge in [0.15, 0.2) is 29.9 Å². The van der Waals surface area contributed by atoms with Gasteiger partial charge in [0.25, 0.3) is 5.91 Å². The van der Waals surface area contributed by atoms with Gasteiger partial charge in [0.05, 0.1) is 37.4 Å². The van der Waals surface area contributed by atoms with E-state index in [1.165, 1.54) is 13.8 Å². The predicted octanol–water partition coefficient (Wildman–Crippen LogP) is 1.46. The largest absolute Gasteiger partial charge is 0.459 e. The van der Waals surface area contributed by atoms with Gasteiger partial charge in [0.1, 0.15) is 54.9 Å². The molecule has 1 unspecified atom stereocenters. The summed E-state index contributed by atoms with van der Waals surface area (Å²) in [7, 11) is 0. The smallest absolute Gasteiger partial charge is 0.338 e. The summed E-state index contributed by atoms with van der Waals surface area (Å²) in [6.45, 7) is 5.96. The fourth-order valence-corrected chi connectivity index (χ4v) is 12.0. The number of rotatable bonds is 16. The number of amides is 1. The van der Waals surface area contributed by atoms with Crippen LogP contribution in [0, 0.1) is 16.7 Å². The van der Waals surface area contributed by atoms with Gasteiger partial charge in [-0.2, -0.15) is 0 Å². The molecule has 0 aromatic heterocycles. The summed E-state index contributed by atoms with van der Waals surface area (Å²) in [5.41, 5.74) is -6.71. The highest BCUT2D eigenvalue weighted by Crippen LogP contribution is 2.65. The van der Waals surface area contributed by atoms with Gasteiger partial charge < -0.3 is 73.9 Å². The molecule has 16 atom stereocenters. The lowest BCUT2D eigenvalue weighted by molar-refractivity contribution is -0.352. The SMILES string of the molecule is CC(=O)O[C@H]1C(=O)[C@]2(C)[C@@H](OC(=O)COC3O[C@H](CO)[C@H](O)[C@H](O)[C@H]3O)C[C@H]3OC[C@@]3(OC(C)=O)[C@H]2[C@H](OCc2ccccc2)[C@]2(O)C[C@H](OC(=O)[C@H](O)[C@@H](NC(=O)c3ccccc3)c3ccccc3)C(C)=C1C2(C)C. The number of ketones is 1. The molecule has 0 spiro atoms. The fraction of sp³-hybridized carbons (Fsp3) is 0.527. The van der Waals surface area contributed by atoms with E-state index in [2.05, 4.69) is 5.32 Å². The molecule has 7 N–H and O–H groups in total. The molecule has 21 heteroatoms. The van der Waals surface area contributed by atoms with Crippen molar-refractivity contribution in [2.24, 2.45) is 16.7 Å². The number of carbonyl (C=O) groups is 6. The third-order valence-electron chi connectivity index (χ3n) is 16.0. The van der Waals surface area contributed by atoms with Gasteiger partial charge in [-0.25, -0.2) is 9.59 Å². The summed E-state index contributed by atoms with van der Waals surface area (Å²) < 4.78 is 48.6. The Balaban J connectivity index is 1.24. The van der Waals surface area contributed by atoms with Crippen molar-refractivity contribution in [3.05, 3.63) is 119 Å². The molecule has 21 nitrogen and oxygen atoms in total. The number of nitrogens with one attached hydrogen (secondary N) is 1. The molecule has 3 aliphatic carbocycles. The average Bonchev–Trinajstić information content (AvgIpc) is 3.55. The van der Waals surface area contributed by atoms with Crippen LogP contribution in [-0.4, -0.2) is 165 Å². The van der Waals surface area contributed by atoms with E-state index in [-0.39, 0.29) is 36.3 Å². The van der Waals surface area contributed by atoms with E-state index in [0.29, 0.717) is 11.1 Å². The van der Waals surface area contributed by atoms with Crippen LogP contribution in [0.2, 0.25) is 0 Å². The first-order valence-electron chi connectivity index (χ1n) is 25.0. The van der Waals surface area contributed by atoms with E-state index in [1.54, 1.807) is 105 Å². The minimum Gasteiger partial charge on any atom is -0.459 e. The van der Waals surface area contributed by atoms with Crippen molar-refractivity contribution in [3.63, 3.8) is 0 Å². The van der Waals surface area contributed by atoms with Crippen molar-refractivity contribution < 1.29 is 97.3 Å². The molecule has 3 aromatic rings. The summed E-state index contributed by atoms with van der Waals surface area (Å²) in [6, 6.07) is 23.7. The van der Waals surface area contributed by atoms with Gasteiger partial charge >= 0.3 is 23.9 Å². The standard InChI is InChI=1S/C55H65NO20/c1-28-34(73-50(67)42(62)40(32-18-12-8-13-19-32)56-49(66)33-20-14-9-15-21-33)23-55(68)48(69-25-31-16-10-7-11-17-31)46-53(6,47(65)45(72-29(2)58)39(28)52(55,4)5)36(22-37-54(46,27-71-37)76-30(3)59)75-38(60)26-70-51-44(64)43(63)41(61)35(24-57)74-51/h7-21,34-37,40-46,48,51,57,61-64,68H,22-27H2,1-6H3,(H,56,66)/t34-,35+,36-,37+,40-,41-,42+,43-,44+,45+,46-,48-,51?,53+,54-,55+/m0/s1. The van der Waals surface area contributed by atoms with Crippen LogP contribution in [-0.2, 0) is 68.5 Å². The van der Waals surface area contributed by atoms with Crippen molar-refractivity contribution in [1.82, 2.24) is 5.32 Å². The van der Waals surface area contributed by atoms with Gasteiger partial charge in [0, 0.05) is 43.6 Å². The number of benzene rings is 3. The maximum absolute atomic E-state index is 16.3. The third-order valence-corrected chi connectivity index (χ3v) is 16.0. The molecule has 2 aliphatic heterocycles. The van der Waals surface area contributed by atoms with E-state index in [0.717, 1.165) is 13.8 Å². The highest BCUT2D eigenvalue weighted by molar-refractivity contribution is 5.96. The van der Waals surface area contributed by atoms with Crippen LogP contribution in [0.25, 0.3) is 0 Å². The summed E-state index contributed by atoms with van der Waals surface area (Å²) in [6.07, 6.45) is -19.3. The molecule has 5 aliphatic rings. The number of aliphatic hydroxyl groups excluding tert-OH is 5. The Hall–Kier alpha value is -5.98. The fourth-order valence-electron chi connectivity index (χ4n) is 12.0. The Labute approximate surface area is 438 Å². The average molecular weight is 1060 g/mol. The molecule has 2 saturated heterocycles. The maximum Gasteiger partial charge on any atom is 0.338 e. The molecule has 0 radical (unpaired) electrons. The van der Waals surface area contributed by atoms with E-state index in [9.17, 15) is 54.6 Å². The second-order valence-electron chi connectivity index (χ2n) is 20.9. The van der Waals surface area contributed by atoms with Crippen LogP contribution in [0.15, 0.2) is 102 Å². The van der Waals surface area contributed by atoms with Crippen LogP contribution in [0.5, 0.6) is 0 Å². The Kier molecular flexibility index (Phi) is 16.4. The van der Waals surface area contributed by atoms with Crippen LogP contribution < -0.4 is 5.32 Å². The third kappa shape index (κ3) is 10.2. The number of hydrogen-bond acceptors (Lipinski definition) is 20. The molecule has 2 heterocycles. The van der Waals surface area contributed by atoms with Gasteiger partial charge in [0.2, 0.25) is 0 Å². The van der Waals surface area contributed by atoms with Crippen molar-refractivity contribution in [2.45, 2.75) is 146 Å². The second kappa shape index (κ2) is 22.2. The number of carbonyl (C=O) groups excluding carboxylic acids is 6. The monoisotopic (exact) mass is 1060 g/mol. The van der Waals surface area contributed by atoms with E-state index in [1.807, 2.05) is 0 Å². The summed E-state index contributed by atoms with van der Waals surface area (Å²) in [4.78, 5) is 85.3. The zero-order valence-corrected chi connectivity index (χ0v) is 42.8. The van der Waals surface area contributed by atoms with E-state index >= 15 is 4.79 Å². The molecule has 4 fully saturated rings. The van der Waals surface area contributed by atoms with E-state index in [4.69, 9.17) is 37.9 Å². The van der Waals surface area contributed by atoms with Crippen molar-refractivity contribution >= 4 is 35.6 Å². The molecule has 2 saturated carbocycles. The maximum atomic E-state index is 16.3. The number of esters is 4. The zero-order valence-electron chi connectivity index (χ0n) is 42.8. The van der Waals surface area contributed by atoms with E-state index < -0.39 is 157 Å². The summed E-state index contributed by atoms with van der Waals surface area (Å²) in [5.74, 6) is -7.25. The van der Waals surface area contributed by atoms with Crippen LogP contribution in [0.3, 0.4) is 0 Å². The Morgan fingerprint density at radius 3 is 2.04 bits per heavy atom. The second-order valence-corrected chi connectivity index (χ2v) is 20.9. The Morgan fingerprint density at radius 2 is 1.45 bits per heavy atom. The van der Waals surface area contributed by atoms with Crippen molar-refractivity contribution in [2.75, 3.05) is 19.8 Å². The normalized spacial score (nSPS) is 34.3. The zero-order chi connectivity index (χ0) is 55.1. The molecular formula is C55H65NO20. The first kappa shape index (κ1) is 56.2. The topological polar surface area (TPSA) is 310 Å². The molecule has 76 heavy (non-hydrogen) atoms. The van der Waals surface area contributed by atoms with Gasteiger partial charge in [-0.1, -0.05) is 92.7 Å². The lowest BCUT2D eigenvalue weighted by atomic mass is 9.44. The molecule has 8 rings (SSSR count). The van der Waals surface area contributed by atoms with Gasteiger partial charge in [-0.3, -0.25) is 19.2 Å². The Bertz CT molecular complexity index is 2670. The lowest BCUT2D eigenvalue weighted by Gasteiger charge is -2.68. The van der Waals surface area contributed by atoms with Crippen LogP contribution in [0.1, 0.15) is 81.9 Å². The van der Waals surface area contributed by atoms with Crippen molar-refractivity contribution in [3.8, 4) is 0 Å². The molecule has 410 valence electrons. The number of Topliss-reactive ketones (excluding diaryl/α,β-unsaturated/α-hetero) is 1.